The first kappa shape index (κ1) is 17.2. The number of hydrogen-bond acceptors (Lipinski definition) is 8. The molecule has 0 spiro atoms. The average Bonchev–Trinajstić information content (AvgIpc) is 3.10. The molecule has 0 saturated carbocycles. The normalized spacial score (nSPS) is 22.2. The summed E-state index contributed by atoms with van der Waals surface area (Å²) in [5.41, 5.74) is 6.47. The van der Waals surface area contributed by atoms with Crippen molar-refractivity contribution in [1.29, 1.82) is 0 Å². The zero-order valence-electron chi connectivity index (χ0n) is 13.9. The fourth-order valence-electron chi connectivity index (χ4n) is 2.49. The molecule has 130 valence electrons. The molecule has 1 saturated heterocycles. The van der Waals surface area contributed by atoms with Crippen LogP contribution in [0.4, 0.5) is 5.82 Å². The van der Waals surface area contributed by atoms with Gasteiger partial charge >= 0.3 is 8.25 Å². The summed E-state index contributed by atoms with van der Waals surface area (Å²) in [6.07, 6.45) is 4.24. The summed E-state index contributed by atoms with van der Waals surface area (Å²) < 4.78 is 30.0. The van der Waals surface area contributed by atoms with Crippen LogP contribution >= 0.6 is 8.25 Å². The molecular weight excluding hydrogens is 333 g/mol. The lowest BCUT2D eigenvalue weighted by Crippen LogP contribution is -2.18. The predicted octanol–water partition coefficient (Wildman–Crippen LogP) is 2.58. The molecule has 2 aromatic rings. The molecule has 2 aromatic heterocycles. The van der Waals surface area contributed by atoms with Crippen LogP contribution in [0.25, 0.3) is 11.2 Å². The third-order valence-corrected chi connectivity index (χ3v) is 4.55. The Morgan fingerprint density at radius 1 is 1.38 bits per heavy atom. The smallest absolute Gasteiger partial charge is 0.382 e. The van der Waals surface area contributed by atoms with E-state index in [9.17, 15) is 4.57 Å². The Bertz CT molecular complexity index is 744. The minimum Gasteiger partial charge on any atom is -0.382 e. The largest absolute Gasteiger partial charge is 0.698 e. The summed E-state index contributed by atoms with van der Waals surface area (Å²) >= 11 is 0. The Kier molecular flexibility index (Phi) is 4.78. The number of imidazole rings is 1. The van der Waals surface area contributed by atoms with Gasteiger partial charge in [0.25, 0.3) is 0 Å². The molecule has 0 amide bonds. The predicted molar refractivity (Wildman–Crippen MR) is 87.3 cm³/mol. The second-order valence-corrected chi connectivity index (χ2v) is 7.48. The van der Waals surface area contributed by atoms with Crippen molar-refractivity contribution < 1.29 is 18.3 Å². The highest BCUT2D eigenvalue weighted by Crippen LogP contribution is 2.35. The second-order valence-electron chi connectivity index (χ2n) is 6.60. The first-order valence-corrected chi connectivity index (χ1v) is 8.81. The maximum Gasteiger partial charge on any atom is 0.698 e. The highest BCUT2D eigenvalue weighted by molar-refractivity contribution is 7.33. The molecule has 1 aliphatic heterocycles. The molecule has 1 aliphatic rings. The van der Waals surface area contributed by atoms with Gasteiger partial charge in [-0.3, -0.25) is 4.57 Å². The molecule has 3 atom stereocenters. The lowest BCUT2D eigenvalue weighted by molar-refractivity contribution is -0.0194. The third kappa shape index (κ3) is 3.87. The summed E-state index contributed by atoms with van der Waals surface area (Å²) in [6, 6.07) is 0. The van der Waals surface area contributed by atoms with E-state index in [1.807, 2.05) is 25.3 Å². The van der Waals surface area contributed by atoms with Gasteiger partial charge in [0.1, 0.15) is 30.3 Å². The number of ether oxygens (including phenoxy) is 1. The van der Waals surface area contributed by atoms with Crippen LogP contribution in [0.1, 0.15) is 39.8 Å². The van der Waals surface area contributed by atoms with Crippen LogP contribution in [-0.2, 0) is 18.3 Å². The third-order valence-electron chi connectivity index (χ3n) is 3.50. The number of nitrogens with zero attached hydrogens (tertiary/aromatic N) is 4. The summed E-state index contributed by atoms with van der Waals surface area (Å²) in [7, 11) is -2.16. The van der Waals surface area contributed by atoms with Gasteiger partial charge in [-0.15, -0.1) is 9.05 Å². The molecule has 0 aromatic carbocycles. The number of nitrogens with two attached hydrogens (primary N) is 1. The van der Waals surface area contributed by atoms with Crippen LogP contribution in [-0.4, -0.2) is 37.8 Å². The minimum absolute atomic E-state index is 0.158. The van der Waals surface area contributed by atoms with Gasteiger partial charge in [-0.25, -0.2) is 15.0 Å². The fourth-order valence-corrected chi connectivity index (χ4v) is 3.28. The van der Waals surface area contributed by atoms with Crippen LogP contribution in [0.5, 0.6) is 0 Å². The van der Waals surface area contributed by atoms with E-state index in [2.05, 4.69) is 15.0 Å². The van der Waals surface area contributed by atoms with Gasteiger partial charge in [0.05, 0.1) is 12.4 Å². The molecule has 1 fully saturated rings. The van der Waals surface area contributed by atoms with E-state index < -0.39 is 13.9 Å². The van der Waals surface area contributed by atoms with E-state index in [1.54, 1.807) is 6.33 Å². The summed E-state index contributed by atoms with van der Waals surface area (Å²) in [5.74, 6) is 0.341. The lowest BCUT2D eigenvalue weighted by Gasteiger charge is -2.14. The second kappa shape index (κ2) is 6.68. The monoisotopic (exact) mass is 354 g/mol. The van der Waals surface area contributed by atoms with Crippen molar-refractivity contribution >= 4 is 25.2 Å². The first-order chi connectivity index (χ1) is 11.3. The van der Waals surface area contributed by atoms with Crippen LogP contribution in [0.3, 0.4) is 0 Å². The maximum atomic E-state index is 11.7. The van der Waals surface area contributed by atoms with Crippen LogP contribution in [0, 0.1) is 0 Å². The molecule has 2 N–H and O–H groups in total. The minimum atomic E-state index is -2.16. The van der Waals surface area contributed by atoms with E-state index >= 15 is 0 Å². The van der Waals surface area contributed by atoms with E-state index in [0.29, 0.717) is 17.0 Å². The molecule has 10 heteroatoms. The fraction of sp³-hybridized carbons (Fsp3) is 0.643. The Hall–Kier alpha value is -1.67. The zero-order chi connectivity index (χ0) is 17.3. The van der Waals surface area contributed by atoms with E-state index in [0.717, 1.165) is 12.8 Å². The zero-order valence-corrected chi connectivity index (χ0v) is 14.8. The Morgan fingerprint density at radius 2 is 2.17 bits per heavy atom. The average molecular weight is 354 g/mol. The van der Waals surface area contributed by atoms with Crippen LogP contribution < -0.4 is 5.73 Å². The highest BCUT2D eigenvalue weighted by atomic mass is 31.1. The van der Waals surface area contributed by atoms with Gasteiger partial charge in [-0.05, 0) is 33.6 Å². The molecule has 24 heavy (non-hydrogen) atoms. The molecule has 9 nitrogen and oxygen atoms in total. The topological polar surface area (TPSA) is 114 Å². The number of rotatable bonds is 5. The number of anilines is 1. The molecule has 0 radical (unpaired) electrons. The molecule has 1 unspecified atom stereocenters. The van der Waals surface area contributed by atoms with E-state index in [-0.39, 0.29) is 18.9 Å². The van der Waals surface area contributed by atoms with Gasteiger partial charge in [0.2, 0.25) is 0 Å². The first-order valence-electron chi connectivity index (χ1n) is 7.71. The molecule has 3 rings (SSSR count). The maximum absolute atomic E-state index is 11.7. The molecular formula is C14H21N5O4P+. The van der Waals surface area contributed by atoms with Gasteiger partial charge < -0.3 is 10.5 Å². The van der Waals surface area contributed by atoms with Crippen molar-refractivity contribution in [2.75, 3.05) is 12.3 Å². The standard InChI is InChI=1S/C14H21N5O4P/c1-14(2,3)23-24(20)21-6-9-4-5-10(22-9)19-8-18-11-12(15)16-7-17-13(11)19/h7-10H,4-6H2,1-3H3,(H2,15,16,17)/q+1/t9-,10+/m0/s1. The van der Waals surface area contributed by atoms with Crippen molar-refractivity contribution in [2.24, 2.45) is 0 Å². The highest BCUT2D eigenvalue weighted by Gasteiger charge is 2.34. The van der Waals surface area contributed by atoms with Gasteiger partial charge in [0, 0.05) is 4.57 Å². The van der Waals surface area contributed by atoms with E-state index in [1.165, 1.54) is 6.33 Å². The van der Waals surface area contributed by atoms with Gasteiger partial charge in [-0.1, -0.05) is 0 Å². The molecule has 0 bridgehead atoms. The van der Waals surface area contributed by atoms with Gasteiger partial charge in [-0.2, -0.15) is 0 Å². The SMILES string of the molecule is CC(C)(C)O[P+](=O)OC[C@@H]1CC[C@H](n2cnc3c(N)ncnc32)O1. The molecule has 0 aliphatic carbocycles. The van der Waals surface area contributed by atoms with E-state index in [4.69, 9.17) is 19.5 Å². The molecule has 3 heterocycles. The summed E-state index contributed by atoms with van der Waals surface area (Å²) in [5, 5.41) is 0. The quantitative estimate of drug-likeness (QED) is 0.815. The van der Waals surface area contributed by atoms with Crippen molar-refractivity contribution in [3.8, 4) is 0 Å². The van der Waals surface area contributed by atoms with Crippen molar-refractivity contribution in [1.82, 2.24) is 19.5 Å². The Balaban J connectivity index is 1.59. The van der Waals surface area contributed by atoms with Crippen molar-refractivity contribution in [3.05, 3.63) is 12.7 Å². The van der Waals surface area contributed by atoms with Crippen LogP contribution in [0.2, 0.25) is 0 Å². The number of aromatic nitrogens is 4. The van der Waals surface area contributed by atoms with Crippen molar-refractivity contribution in [3.63, 3.8) is 0 Å². The summed E-state index contributed by atoms with van der Waals surface area (Å²) in [4.78, 5) is 12.4. The Morgan fingerprint density at radius 3 is 2.92 bits per heavy atom. The van der Waals surface area contributed by atoms with Crippen LogP contribution in [0.15, 0.2) is 12.7 Å². The number of fused-ring (bicyclic) bond motifs is 1. The Labute approximate surface area is 140 Å². The van der Waals surface area contributed by atoms with Gasteiger partial charge in [0.15, 0.2) is 11.5 Å². The number of nitrogen functional groups attached to an aromatic ring is 1. The summed E-state index contributed by atoms with van der Waals surface area (Å²) in [6.45, 7) is 5.68. The number of hydrogen-bond donors (Lipinski definition) is 1. The lowest BCUT2D eigenvalue weighted by atomic mass is 10.2. The van der Waals surface area contributed by atoms with Crippen molar-refractivity contribution in [2.45, 2.75) is 51.5 Å².